The van der Waals surface area contributed by atoms with Crippen LogP contribution in [0.4, 0.5) is 8.78 Å². The van der Waals surface area contributed by atoms with E-state index in [0.29, 0.717) is 11.1 Å². The molecule has 0 aliphatic rings. The standard InChI is InChI=1S/C12H11F2N3O/c13-11(14)9-3-1-2-8(4-9)5-15-12(18)10-6-16-17-7-10/h1-4,6-7,11H,5H2,(H,15,18)(H,16,17). The normalized spacial score (nSPS) is 10.6. The maximum Gasteiger partial charge on any atom is 0.263 e. The smallest absolute Gasteiger partial charge is 0.263 e. The van der Waals surface area contributed by atoms with Crippen molar-refractivity contribution < 1.29 is 13.6 Å². The minimum atomic E-state index is -2.51. The summed E-state index contributed by atoms with van der Waals surface area (Å²) in [6.45, 7) is 0.199. The quantitative estimate of drug-likeness (QED) is 0.875. The summed E-state index contributed by atoms with van der Waals surface area (Å²) < 4.78 is 24.9. The molecule has 2 N–H and O–H groups in total. The molecule has 0 spiro atoms. The van der Waals surface area contributed by atoms with Crippen molar-refractivity contribution in [1.29, 1.82) is 0 Å². The molecule has 0 saturated carbocycles. The maximum absolute atomic E-state index is 12.5. The SMILES string of the molecule is O=C(NCc1cccc(C(F)F)c1)c1cn[nH]c1. The van der Waals surface area contributed by atoms with Gasteiger partial charge in [-0.15, -0.1) is 0 Å². The van der Waals surface area contributed by atoms with Gasteiger partial charge in [-0.1, -0.05) is 18.2 Å². The van der Waals surface area contributed by atoms with Crippen LogP contribution in [0.15, 0.2) is 36.7 Å². The van der Waals surface area contributed by atoms with Crippen LogP contribution in [-0.2, 0) is 6.54 Å². The largest absolute Gasteiger partial charge is 0.348 e. The first-order chi connectivity index (χ1) is 8.66. The van der Waals surface area contributed by atoms with E-state index in [2.05, 4.69) is 15.5 Å². The van der Waals surface area contributed by atoms with Crippen molar-refractivity contribution >= 4 is 5.91 Å². The third-order valence-corrected chi connectivity index (χ3v) is 2.42. The van der Waals surface area contributed by atoms with Gasteiger partial charge in [0.2, 0.25) is 0 Å². The molecule has 0 saturated heterocycles. The van der Waals surface area contributed by atoms with Gasteiger partial charge in [-0.3, -0.25) is 9.89 Å². The second-order valence-corrected chi connectivity index (χ2v) is 3.72. The number of rotatable bonds is 4. The highest BCUT2D eigenvalue weighted by atomic mass is 19.3. The molecule has 0 bridgehead atoms. The Bertz CT molecular complexity index is 526. The number of H-pyrrole nitrogens is 1. The highest BCUT2D eigenvalue weighted by molar-refractivity contribution is 5.93. The van der Waals surface area contributed by atoms with Crippen LogP contribution in [0.5, 0.6) is 0 Å². The third-order valence-electron chi connectivity index (χ3n) is 2.42. The van der Waals surface area contributed by atoms with Gasteiger partial charge in [0.05, 0.1) is 11.8 Å². The van der Waals surface area contributed by atoms with E-state index in [-0.39, 0.29) is 18.0 Å². The van der Waals surface area contributed by atoms with Crippen molar-refractivity contribution in [3.8, 4) is 0 Å². The van der Waals surface area contributed by atoms with E-state index in [0.717, 1.165) is 0 Å². The number of aromatic nitrogens is 2. The zero-order valence-corrected chi connectivity index (χ0v) is 9.36. The topological polar surface area (TPSA) is 57.8 Å². The first-order valence-corrected chi connectivity index (χ1v) is 5.31. The molecule has 1 heterocycles. The highest BCUT2D eigenvalue weighted by Gasteiger charge is 2.09. The molecule has 1 aromatic heterocycles. The molecule has 94 valence electrons. The van der Waals surface area contributed by atoms with Gasteiger partial charge >= 0.3 is 0 Å². The van der Waals surface area contributed by atoms with Gasteiger partial charge in [-0.25, -0.2) is 8.78 Å². The summed E-state index contributed by atoms with van der Waals surface area (Å²) in [6.07, 6.45) is 0.352. The zero-order chi connectivity index (χ0) is 13.0. The minimum Gasteiger partial charge on any atom is -0.348 e. The van der Waals surface area contributed by atoms with E-state index < -0.39 is 6.43 Å². The Hall–Kier alpha value is -2.24. The molecule has 1 amide bonds. The number of nitrogens with one attached hydrogen (secondary N) is 2. The summed E-state index contributed by atoms with van der Waals surface area (Å²) in [6, 6.07) is 5.95. The number of carbonyl (C=O) groups excluding carboxylic acids is 1. The number of halogens is 2. The fourth-order valence-electron chi connectivity index (χ4n) is 1.50. The van der Waals surface area contributed by atoms with Crippen molar-refractivity contribution in [3.63, 3.8) is 0 Å². The van der Waals surface area contributed by atoms with Crippen LogP contribution in [0.2, 0.25) is 0 Å². The summed E-state index contributed by atoms with van der Waals surface area (Å²) >= 11 is 0. The minimum absolute atomic E-state index is 0.0509. The Morgan fingerprint density at radius 2 is 2.28 bits per heavy atom. The van der Waals surface area contributed by atoms with E-state index in [1.165, 1.54) is 24.5 Å². The lowest BCUT2D eigenvalue weighted by Gasteiger charge is -2.06. The van der Waals surface area contributed by atoms with E-state index in [4.69, 9.17) is 0 Å². The molecule has 0 aliphatic carbocycles. The fourth-order valence-corrected chi connectivity index (χ4v) is 1.50. The van der Waals surface area contributed by atoms with Gasteiger partial charge in [0.15, 0.2) is 0 Å². The molecular formula is C12H11F2N3O. The average Bonchev–Trinajstić information content (AvgIpc) is 2.90. The van der Waals surface area contributed by atoms with E-state index in [9.17, 15) is 13.6 Å². The van der Waals surface area contributed by atoms with Crippen LogP contribution >= 0.6 is 0 Å². The maximum atomic E-state index is 12.5. The molecule has 2 aromatic rings. The molecular weight excluding hydrogens is 240 g/mol. The lowest BCUT2D eigenvalue weighted by Crippen LogP contribution is -2.22. The Balaban J connectivity index is 1.98. The van der Waals surface area contributed by atoms with Crippen molar-refractivity contribution in [2.45, 2.75) is 13.0 Å². The van der Waals surface area contributed by atoms with Gasteiger partial charge < -0.3 is 5.32 Å². The van der Waals surface area contributed by atoms with Crippen molar-refractivity contribution in [2.24, 2.45) is 0 Å². The van der Waals surface area contributed by atoms with Gasteiger partial charge in [-0.2, -0.15) is 5.10 Å². The Kier molecular flexibility index (Phi) is 3.66. The number of nitrogens with zero attached hydrogens (tertiary/aromatic N) is 1. The number of hydrogen-bond acceptors (Lipinski definition) is 2. The molecule has 6 heteroatoms. The summed E-state index contributed by atoms with van der Waals surface area (Å²) in [5, 5.41) is 8.80. The Labute approximate surface area is 102 Å². The van der Waals surface area contributed by atoms with Crippen LogP contribution in [0.25, 0.3) is 0 Å². The van der Waals surface area contributed by atoms with E-state index in [1.807, 2.05) is 0 Å². The molecule has 0 unspecified atom stereocenters. The first-order valence-electron chi connectivity index (χ1n) is 5.31. The predicted octanol–water partition coefficient (Wildman–Crippen LogP) is 2.28. The fraction of sp³-hybridized carbons (Fsp3) is 0.167. The van der Waals surface area contributed by atoms with Crippen LogP contribution in [0, 0.1) is 0 Å². The monoisotopic (exact) mass is 251 g/mol. The Morgan fingerprint density at radius 1 is 1.44 bits per heavy atom. The molecule has 0 fully saturated rings. The predicted molar refractivity (Wildman–Crippen MR) is 61.2 cm³/mol. The number of amides is 1. The van der Waals surface area contributed by atoms with Crippen molar-refractivity contribution in [3.05, 3.63) is 53.3 Å². The van der Waals surface area contributed by atoms with E-state index >= 15 is 0 Å². The van der Waals surface area contributed by atoms with Crippen LogP contribution in [-0.4, -0.2) is 16.1 Å². The van der Waals surface area contributed by atoms with Gasteiger partial charge in [-0.05, 0) is 11.6 Å². The number of hydrogen-bond donors (Lipinski definition) is 2. The lowest BCUT2D eigenvalue weighted by molar-refractivity contribution is 0.0951. The Morgan fingerprint density at radius 3 is 2.94 bits per heavy atom. The second kappa shape index (κ2) is 5.39. The van der Waals surface area contributed by atoms with Crippen LogP contribution in [0.3, 0.4) is 0 Å². The molecule has 1 aromatic carbocycles. The van der Waals surface area contributed by atoms with Crippen molar-refractivity contribution in [2.75, 3.05) is 0 Å². The number of alkyl halides is 2. The van der Waals surface area contributed by atoms with Gasteiger partial charge in [0, 0.05) is 18.3 Å². The van der Waals surface area contributed by atoms with Gasteiger partial charge in [0.1, 0.15) is 0 Å². The molecule has 4 nitrogen and oxygen atoms in total. The van der Waals surface area contributed by atoms with Crippen molar-refractivity contribution in [1.82, 2.24) is 15.5 Å². The van der Waals surface area contributed by atoms with E-state index in [1.54, 1.807) is 12.1 Å². The highest BCUT2D eigenvalue weighted by Crippen LogP contribution is 2.19. The molecule has 0 atom stereocenters. The van der Waals surface area contributed by atoms with Gasteiger partial charge in [0.25, 0.3) is 12.3 Å². The molecule has 0 radical (unpaired) electrons. The number of carbonyl (C=O) groups is 1. The molecule has 2 rings (SSSR count). The molecule has 18 heavy (non-hydrogen) atoms. The summed E-state index contributed by atoms with van der Waals surface area (Å²) in [5.74, 6) is -0.300. The summed E-state index contributed by atoms with van der Waals surface area (Å²) in [7, 11) is 0. The molecule has 0 aliphatic heterocycles. The lowest BCUT2D eigenvalue weighted by atomic mass is 10.1. The third kappa shape index (κ3) is 2.91. The average molecular weight is 251 g/mol. The number of benzene rings is 1. The zero-order valence-electron chi connectivity index (χ0n) is 9.36. The van der Waals surface area contributed by atoms with Crippen LogP contribution < -0.4 is 5.32 Å². The summed E-state index contributed by atoms with van der Waals surface area (Å²) in [5.41, 5.74) is 0.981. The van der Waals surface area contributed by atoms with Crippen LogP contribution in [0.1, 0.15) is 27.9 Å². The first kappa shape index (κ1) is 12.2. The second-order valence-electron chi connectivity index (χ2n) is 3.72. The number of aromatic amines is 1. The summed E-state index contributed by atoms with van der Waals surface area (Å²) in [4.78, 5) is 11.6.